The minimum atomic E-state index is -0.282. The molecule has 1 aliphatic rings. The molecule has 0 radical (unpaired) electrons. The SMILES string of the molecule is CC(O)C1CCN(C(=NCc2ccc(Br)cc2)NCCc2ccco2)C1.I. The molecule has 1 saturated heterocycles. The number of likely N-dealkylation sites (tertiary alicyclic amines) is 1. The third-order valence-electron chi connectivity index (χ3n) is 4.77. The van der Waals surface area contributed by atoms with Crippen LogP contribution in [-0.2, 0) is 13.0 Å². The molecule has 1 aliphatic heterocycles. The molecule has 0 spiro atoms. The Morgan fingerprint density at radius 2 is 2.15 bits per heavy atom. The summed E-state index contributed by atoms with van der Waals surface area (Å²) >= 11 is 3.46. The van der Waals surface area contributed by atoms with Crippen molar-refractivity contribution in [1.82, 2.24) is 10.2 Å². The van der Waals surface area contributed by atoms with Gasteiger partial charge in [0.15, 0.2) is 5.96 Å². The first kappa shape index (κ1) is 22.2. The topological polar surface area (TPSA) is 61.0 Å². The van der Waals surface area contributed by atoms with E-state index >= 15 is 0 Å². The summed E-state index contributed by atoms with van der Waals surface area (Å²) < 4.78 is 6.47. The van der Waals surface area contributed by atoms with E-state index in [9.17, 15) is 5.11 Å². The largest absolute Gasteiger partial charge is 0.469 e. The van der Waals surface area contributed by atoms with E-state index in [-0.39, 0.29) is 30.1 Å². The van der Waals surface area contributed by atoms with Gasteiger partial charge < -0.3 is 19.7 Å². The number of nitrogens with one attached hydrogen (secondary N) is 1. The highest BCUT2D eigenvalue weighted by atomic mass is 127. The van der Waals surface area contributed by atoms with E-state index < -0.39 is 0 Å². The fraction of sp³-hybridized carbons (Fsp3) is 0.450. The predicted octanol–water partition coefficient (Wildman–Crippen LogP) is 4.05. The van der Waals surface area contributed by atoms with E-state index in [0.717, 1.165) is 48.7 Å². The van der Waals surface area contributed by atoms with Gasteiger partial charge in [0.2, 0.25) is 0 Å². The van der Waals surface area contributed by atoms with Gasteiger partial charge in [0.05, 0.1) is 18.9 Å². The maximum atomic E-state index is 9.88. The molecule has 0 bridgehead atoms. The molecule has 0 saturated carbocycles. The molecule has 148 valence electrons. The second-order valence-corrected chi connectivity index (χ2v) is 7.67. The summed E-state index contributed by atoms with van der Waals surface area (Å²) in [6.45, 7) is 5.03. The third kappa shape index (κ3) is 6.80. The van der Waals surface area contributed by atoms with Crippen LogP contribution in [0.4, 0.5) is 0 Å². The molecule has 27 heavy (non-hydrogen) atoms. The first-order valence-electron chi connectivity index (χ1n) is 9.10. The fourth-order valence-electron chi connectivity index (χ4n) is 3.15. The van der Waals surface area contributed by atoms with E-state index in [4.69, 9.17) is 9.41 Å². The van der Waals surface area contributed by atoms with Crippen LogP contribution in [0.2, 0.25) is 0 Å². The Morgan fingerprint density at radius 1 is 1.37 bits per heavy atom. The highest BCUT2D eigenvalue weighted by Crippen LogP contribution is 2.20. The van der Waals surface area contributed by atoms with Gasteiger partial charge >= 0.3 is 0 Å². The number of guanidine groups is 1. The lowest BCUT2D eigenvalue weighted by Crippen LogP contribution is -2.41. The van der Waals surface area contributed by atoms with E-state index in [1.54, 1.807) is 6.26 Å². The van der Waals surface area contributed by atoms with Crippen molar-refractivity contribution in [2.24, 2.45) is 10.9 Å². The number of aliphatic hydroxyl groups is 1. The normalized spacial score (nSPS) is 18.3. The molecule has 2 atom stereocenters. The van der Waals surface area contributed by atoms with Gasteiger partial charge in [-0.25, -0.2) is 4.99 Å². The second kappa shape index (κ2) is 11.1. The standard InChI is InChI=1S/C20H26BrN3O2.HI/c1-15(25)17-9-11-24(14-17)20(22-10-8-19-3-2-12-26-19)23-13-16-4-6-18(21)7-5-16;/h2-7,12,15,17,25H,8-11,13-14H2,1H3,(H,22,23);1H. The van der Waals surface area contributed by atoms with E-state index in [1.807, 2.05) is 31.2 Å². The highest BCUT2D eigenvalue weighted by Gasteiger charge is 2.27. The number of rotatable bonds is 6. The number of aliphatic imine (C=N–C) groups is 1. The third-order valence-corrected chi connectivity index (χ3v) is 5.29. The van der Waals surface area contributed by atoms with Crippen LogP contribution in [-0.4, -0.2) is 41.7 Å². The number of hydrogen-bond acceptors (Lipinski definition) is 3. The number of benzene rings is 1. The number of furan rings is 1. The lowest BCUT2D eigenvalue weighted by atomic mass is 10.0. The van der Waals surface area contributed by atoms with Crippen molar-refractivity contribution in [3.05, 3.63) is 58.5 Å². The molecule has 1 fully saturated rings. The molecule has 7 heteroatoms. The zero-order valence-corrected chi connectivity index (χ0v) is 19.4. The van der Waals surface area contributed by atoms with Crippen LogP contribution in [0.5, 0.6) is 0 Å². The molecular weight excluding hydrogens is 521 g/mol. The van der Waals surface area contributed by atoms with Crippen molar-refractivity contribution in [1.29, 1.82) is 0 Å². The quantitative estimate of drug-likeness (QED) is 0.325. The van der Waals surface area contributed by atoms with Crippen molar-refractivity contribution in [3.63, 3.8) is 0 Å². The second-order valence-electron chi connectivity index (χ2n) is 6.76. The zero-order chi connectivity index (χ0) is 18.4. The number of halogens is 2. The predicted molar refractivity (Wildman–Crippen MR) is 122 cm³/mol. The first-order chi connectivity index (χ1) is 12.6. The number of aliphatic hydroxyl groups excluding tert-OH is 1. The maximum Gasteiger partial charge on any atom is 0.194 e. The number of nitrogens with zero attached hydrogens (tertiary/aromatic N) is 2. The number of hydrogen-bond donors (Lipinski definition) is 2. The molecule has 2 heterocycles. The summed E-state index contributed by atoms with van der Waals surface area (Å²) in [7, 11) is 0. The molecule has 1 aromatic heterocycles. The average Bonchev–Trinajstić information content (AvgIpc) is 3.31. The Labute approximate surface area is 186 Å². The van der Waals surface area contributed by atoms with Crippen molar-refractivity contribution in [2.45, 2.75) is 32.4 Å². The van der Waals surface area contributed by atoms with E-state index in [1.165, 1.54) is 5.56 Å². The Hall–Kier alpha value is -1.06. The lowest BCUT2D eigenvalue weighted by Gasteiger charge is -2.22. The Bertz CT molecular complexity index is 705. The summed E-state index contributed by atoms with van der Waals surface area (Å²) in [5.41, 5.74) is 1.17. The van der Waals surface area contributed by atoms with Gasteiger partial charge in [0.1, 0.15) is 5.76 Å². The van der Waals surface area contributed by atoms with E-state index in [2.05, 4.69) is 38.3 Å². The Kier molecular flexibility index (Phi) is 9.11. The van der Waals surface area contributed by atoms with Crippen molar-refractivity contribution >= 4 is 45.9 Å². The molecule has 2 unspecified atom stereocenters. The maximum absolute atomic E-state index is 9.88. The van der Waals surface area contributed by atoms with Crippen LogP contribution in [0.25, 0.3) is 0 Å². The van der Waals surface area contributed by atoms with Gasteiger partial charge in [-0.3, -0.25) is 0 Å². The van der Waals surface area contributed by atoms with Gasteiger partial charge in [-0.05, 0) is 43.2 Å². The van der Waals surface area contributed by atoms with Crippen LogP contribution in [0.1, 0.15) is 24.7 Å². The summed E-state index contributed by atoms with van der Waals surface area (Å²) in [6, 6.07) is 12.1. The molecule has 2 aromatic rings. The van der Waals surface area contributed by atoms with Crippen LogP contribution >= 0.6 is 39.9 Å². The van der Waals surface area contributed by atoms with Gasteiger partial charge in [0, 0.05) is 36.4 Å². The molecule has 0 aliphatic carbocycles. The summed E-state index contributed by atoms with van der Waals surface area (Å²) in [5, 5.41) is 13.3. The highest BCUT2D eigenvalue weighted by molar-refractivity contribution is 14.0. The Morgan fingerprint density at radius 3 is 2.78 bits per heavy atom. The van der Waals surface area contributed by atoms with Crippen LogP contribution in [0.3, 0.4) is 0 Å². The van der Waals surface area contributed by atoms with Crippen LogP contribution < -0.4 is 5.32 Å². The van der Waals surface area contributed by atoms with Gasteiger partial charge in [0.25, 0.3) is 0 Å². The smallest absolute Gasteiger partial charge is 0.194 e. The van der Waals surface area contributed by atoms with Gasteiger partial charge in [-0.15, -0.1) is 24.0 Å². The van der Waals surface area contributed by atoms with Crippen molar-refractivity contribution in [2.75, 3.05) is 19.6 Å². The van der Waals surface area contributed by atoms with Crippen molar-refractivity contribution < 1.29 is 9.52 Å². The molecule has 1 aromatic carbocycles. The molecule has 3 rings (SSSR count). The van der Waals surface area contributed by atoms with Crippen molar-refractivity contribution in [3.8, 4) is 0 Å². The van der Waals surface area contributed by atoms with Gasteiger partial charge in [-0.1, -0.05) is 28.1 Å². The van der Waals surface area contributed by atoms with Gasteiger partial charge in [-0.2, -0.15) is 0 Å². The monoisotopic (exact) mass is 547 g/mol. The summed E-state index contributed by atoms with van der Waals surface area (Å²) in [5.74, 6) is 2.18. The molecular formula is C20H27BrIN3O2. The summed E-state index contributed by atoms with van der Waals surface area (Å²) in [6.07, 6.45) is 3.23. The van der Waals surface area contributed by atoms with Crippen LogP contribution in [0, 0.1) is 5.92 Å². The molecule has 2 N–H and O–H groups in total. The Balaban J connectivity index is 0.00000261. The summed E-state index contributed by atoms with van der Waals surface area (Å²) in [4.78, 5) is 7.07. The minimum absolute atomic E-state index is 0. The first-order valence-corrected chi connectivity index (χ1v) is 9.89. The fourth-order valence-corrected chi connectivity index (χ4v) is 3.41. The molecule has 5 nitrogen and oxygen atoms in total. The molecule has 0 amide bonds. The lowest BCUT2D eigenvalue weighted by molar-refractivity contribution is 0.132. The minimum Gasteiger partial charge on any atom is -0.469 e. The average molecular weight is 548 g/mol. The zero-order valence-electron chi connectivity index (χ0n) is 15.5. The van der Waals surface area contributed by atoms with E-state index in [0.29, 0.717) is 12.5 Å². The van der Waals surface area contributed by atoms with Crippen LogP contribution in [0.15, 0.2) is 56.5 Å².